The third-order valence-corrected chi connectivity index (χ3v) is 4.49. The summed E-state index contributed by atoms with van der Waals surface area (Å²) in [6, 6.07) is 11.8. The average molecular weight is 306 g/mol. The van der Waals surface area contributed by atoms with E-state index in [0.29, 0.717) is 18.2 Å². The van der Waals surface area contributed by atoms with Crippen LogP contribution in [-0.2, 0) is 0 Å². The van der Waals surface area contributed by atoms with E-state index in [9.17, 15) is 4.79 Å². The number of rotatable bonds is 2. The molecule has 3 heterocycles. The number of nitrogens with one attached hydrogen (secondary N) is 1. The first-order valence-corrected chi connectivity index (χ1v) is 7.94. The van der Waals surface area contributed by atoms with Gasteiger partial charge in [-0.05, 0) is 31.0 Å². The SMILES string of the molecule is O=C(c1cc2ccccc2[nH]1)N1CCCC(c2ccncn2)C1. The molecule has 5 heteroatoms. The summed E-state index contributed by atoms with van der Waals surface area (Å²) in [4.78, 5) is 26.3. The van der Waals surface area contributed by atoms with Gasteiger partial charge in [-0.25, -0.2) is 9.97 Å². The van der Waals surface area contributed by atoms with Crippen LogP contribution in [0.4, 0.5) is 0 Å². The molecule has 23 heavy (non-hydrogen) atoms. The summed E-state index contributed by atoms with van der Waals surface area (Å²) in [5, 5.41) is 1.07. The second-order valence-corrected chi connectivity index (χ2v) is 5.99. The highest BCUT2D eigenvalue weighted by Crippen LogP contribution is 2.26. The minimum Gasteiger partial charge on any atom is -0.351 e. The van der Waals surface area contributed by atoms with Crippen molar-refractivity contribution in [3.05, 3.63) is 60.3 Å². The van der Waals surface area contributed by atoms with Crippen LogP contribution < -0.4 is 0 Å². The second-order valence-electron chi connectivity index (χ2n) is 5.99. The number of amides is 1. The Labute approximate surface area is 134 Å². The summed E-state index contributed by atoms with van der Waals surface area (Å²) < 4.78 is 0. The van der Waals surface area contributed by atoms with Crippen LogP contribution in [0.3, 0.4) is 0 Å². The monoisotopic (exact) mass is 306 g/mol. The summed E-state index contributed by atoms with van der Waals surface area (Å²) in [7, 11) is 0. The van der Waals surface area contributed by atoms with Crippen LogP contribution in [0.25, 0.3) is 10.9 Å². The van der Waals surface area contributed by atoms with Gasteiger partial charge < -0.3 is 9.88 Å². The molecular formula is C18H18N4O. The molecule has 2 aromatic heterocycles. The Morgan fingerprint density at radius 1 is 1.26 bits per heavy atom. The topological polar surface area (TPSA) is 61.9 Å². The van der Waals surface area contributed by atoms with E-state index < -0.39 is 0 Å². The second kappa shape index (κ2) is 5.83. The number of hydrogen-bond donors (Lipinski definition) is 1. The fourth-order valence-electron chi connectivity index (χ4n) is 3.30. The maximum Gasteiger partial charge on any atom is 0.270 e. The fourth-order valence-corrected chi connectivity index (χ4v) is 3.30. The van der Waals surface area contributed by atoms with Crippen LogP contribution in [0.2, 0.25) is 0 Å². The van der Waals surface area contributed by atoms with Gasteiger partial charge in [0.1, 0.15) is 12.0 Å². The molecule has 3 aromatic rings. The van der Waals surface area contributed by atoms with Crippen molar-refractivity contribution >= 4 is 16.8 Å². The van der Waals surface area contributed by atoms with Crippen LogP contribution >= 0.6 is 0 Å². The molecule has 1 N–H and O–H groups in total. The number of likely N-dealkylation sites (tertiary alicyclic amines) is 1. The number of aromatic nitrogens is 3. The van der Waals surface area contributed by atoms with Crippen molar-refractivity contribution in [2.75, 3.05) is 13.1 Å². The van der Waals surface area contributed by atoms with E-state index in [1.165, 1.54) is 0 Å². The number of hydrogen-bond acceptors (Lipinski definition) is 3. The Kier molecular flexibility index (Phi) is 3.54. The van der Waals surface area contributed by atoms with Crippen LogP contribution in [0.5, 0.6) is 0 Å². The number of para-hydroxylation sites is 1. The minimum absolute atomic E-state index is 0.0694. The molecule has 0 spiro atoms. The molecule has 1 aliphatic rings. The van der Waals surface area contributed by atoms with Gasteiger partial charge in [-0.3, -0.25) is 4.79 Å². The van der Waals surface area contributed by atoms with Gasteiger partial charge in [0.15, 0.2) is 0 Å². The molecule has 0 aliphatic carbocycles. The van der Waals surface area contributed by atoms with Crippen molar-refractivity contribution in [1.29, 1.82) is 0 Å². The summed E-state index contributed by atoms with van der Waals surface area (Å²) in [6.45, 7) is 1.51. The van der Waals surface area contributed by atoms with E-state index in [4.69, 9.17) is 0 Å². The number of piperidine rings is 1. The summed E-state index contributed by atoms with van der Waals surface area (Å²) in [5.74, 6) is 0.361. The lowest BCUT2D eigenvalue weighted by molar-refractivity contribution is 0.0701. The lowest BCUT2D eigenvalue weighted by atomic mass is 9.94. The maximum atomic E-state index is 12.8. The van der Waals surface area contributed by atoms with Crippen LogP contribution in [0, 0.1) is 0 Å². The quantitative estimate of drug-likeness (QED) is 0.791. The summed E-state index contributed by atoms with van der Waals surface area (Å²) >= 11 is 0. The van der Waals surface area contributed by atoms with Gasteiger partial charge in [-0.15, -0.1) is 0 Å². The molecule has 1 fully saturated rings. The highest BCUT2D eigenvalue weighted by molar-refractivity contribution is 5.98. The van der Waals surface area contributed by atoms with Crippen LogP contribution in [-0.4, -0.2) is 38.8 Å². The van der Waals surface area contributed by atoms with Crippen molar-refractivity contribution in [2.24, 2.45) is 0 Å². The summed E-state index contributed by atoms with van der Waals surface area (Å²) in [5.41, 5.74) is 2.68. The Hall–Kier alpha value is -2.69. The van der Waals surface area contributed by atoms with Gasteiger partial charge in [-0.2, -0.15) is 0 Å². The highest BCUT2D eigenvalue weighted by Gasteiger charge is 2.26. The highest BCUT2D eigenvalue weighted by atomic mass is 16.2. The first-order chi connectivity index (χ1) is 11.3. The minimum atomic E-state index is 0.0694. The first kappa shape index (κ1) is 13.9. The smallest absolute Gasteiger partial charge is 0.270 e. The van der Waals surface area contributed by atoms with Gasteiger partial charge in [-0.1, -0.05) is 18.2 Å². The third-order valence-electron chi connectivity index (χ3n) is 4.49. The average Bonchev–Trinajstić information content (AvgIpc) is 3.06. The number of carbonyl (C=O) groups is 1. The zero-order valence-electron chi connectivity index (χ0n) is 12.8. The van der Waals surface area contributed by atoms with E-state index in [0.717, 1.165) is 36.0 Å². The Bertz CT molecular complexity index is 794. The van der Waals surface area contributed by atoms with Crippen molar-refractivity contribution < 1.29 is 4.79 Å². The number of fused-ring (bicyclic) bond motifs is 1. The standard InChI is InChI=1S/C18H18N4O/c23-18(17-10-13-4-1-2-6-16(13)21-17)22-9-3-5-14(11-22)15-7-8-19-12-20-15/h1-2,4,6-8,10,12,14,21H,3,5,9,11H2. The van der Waals surface area contributed by atoms with Crippen molar-refractivity contribution in [3.63, 3.8) is 0 Å². The van der Waals surface area contributed by atoms with Crippen molar-refractivity contribution in [1.82, 2.24) is 19.9 Å². The molecule has 4 rings (SSSR count). The predicted molar refractivity (Wildman–Crippen MR) is 88.2 cm³/mol. The van der Waals surface area contributed by atoms with Gasteiger partial charge in [0.25, 0.3) is 5.91 Å². The number of nitrogens with zero attached hydrogens (tertiary/aromatic N) is 3. The van der Waals surface area contributed by atoms with Crippen LogP contribution in [0.1, 0.15) is 34.9 Å². The van der Waals surface area contributed by atoms with E-state index in [1.807, 2.05) is 41.3 Å². The number of aromatic amines is 1. The summed E-state index contributed by atoms with van der Waals surface area (Å²) in [6.07, 6.45) is 5.41. The van der Waals surface area contributed by atoms with E-state index >= 15 is 0 Å². The molecule has 116 valence electrons. The van der Waals surface area contributed by atoms with Gasteiger partial charge in [0.05, 0.1) is 0 Å². The molecule has 1 amide bonds. The molecule has 1 aliphatic heterocycles. The normalized spacial score (nSPS) is 18.3. The Morgan fingerprint density at radius 2 is 2.17 bits per heavy atom. The van der Waals surface area contributed by atoms with Crippen molar-refractivity contribution in [2.45, 2.75) is 18.8 Å². The molecule has 1 unspecified atom stereocenters. The number of benzene rings is 1. The molecule has 0 radical (unpaired) electrons. The first-order valence-electron chi connectivity index (χ1n) is 7.94. The van der Waals surface area contributed by atoms with E-state index in [-0.39, 0.29) is 5.91 Å². The lowest BCUT2D eigenvalue weighted by Crippen LogP contribution is -2.39. The molecule has 5 nitrogen and oxygen atoms in total. The number of carbonyl (C=O) groups excluding carboxylic acids is 1. The molecule has 1 atom stereocenters. The van der Waals surface area contributed by atoms with E-state index in [2.05, 4.69) is 15.0 Å². The molecule has 0 bridgehead atoms. The molecule has 1 saturated heterocycles. The molecule has 0 saturated carbocycles. The zero-order chi connectivity index (χ0) is 15.6. The fraction of sp³-hybridized carbons (Fsp3) is 0.278. The molecular weight excluding hydrogens is 288 g/mol. The van der Waals surface area contributed by atoms with Gasteiger partial charge >= 0.3 is 0 Å². The largest absolute Gasteiger partial charge is 0.351 e. The lowest BCUT2D eigenvalue weighted by Gasteiger charge is -2.32. The third kappa shape index (κ3) is 2.70. The van der Waals surface area contributed by atoms with Gasteiger partial charge in [0, 0.05) is 41.8 Å². The van der Waals surface area contributed by atoms with Gasteiger partial charge in [0.2, 0.25) is 0 Å². The predicted octanol–water partition coefficient (Wildman–Crippen LogP) is 2.98. The van der Waals surface area contributed by atoms with E-state index in [1.54, 1.807) is 12.5 Å². The zero-order valence-corrected chi connectivity index (χ0v) is 12.8. The maximum absolute atomic E-state index is 12.8. The Morgan fingerprint density at radius 3 is 3.00 bits per heavy atom. The van der Waals surface area contributed by atoms with Crippen LogP contribution in [0.15, 0.2) is 48.9 Å². The van der Waals surface area contributed by atoms with Crippen molar-refractivity contribution in [3.8, 4) is 0 Å². The number of H-pyrrole nitrogens is 1. The molecule has 1 aromatic carbocycles. The Balaban J connectivity index is 1.56.